The van der Waals surface area contributed by atoms with E-state index in [-0.39, 0.29) is 29.6 Å². The van der Waals surface area contributed by atoms with Crippen molar-refractivity contribution >= 4 is 46.7 Å². The van der Waals surface area contributed by atoms with Crippen molar-refractivity contribution < 1.29 is 18.4 Å². The maximum Gasteiger partial charge on any atom is 0.278 e. The van der Waals surface area contributed by atoms with E-state index in [2.05, 4.69) is 20.4 Å². The van der Waals surface area contributed by atoms with Crippen molar-refractivity contribution in [2.45, 2.75) is 19.4 Å². The summed E-state index contributed by atoms with van der Waals surface area (Å²) >= 11 is 6.03. The standard InChI is InChI=1S/C28H20ClF2N5O3/c29-26-12-21(28(39)36(35-26)14-17-6-8-22(30)23(31)9-17)25(37)4-2-1-3-16-5-7-19-20(11-18-13-32-15-33-18)27(38)34-24(19)10-16/h1,3,5-13,15H,2,4,14H2,(H,32,33)(H,34,38)/b3-1+,20-11-. The van der Waals surface area contributed by atoms with E-state index < -0.39 is 23.0 Å². The third kappa shape index (κ3) is 5.75. The molecule has 2 aromatic heterocycles. The first kappa shape index (κ1) is 25.9. The van der Waals surface area contributed by atoms with Gasteiger partial charge in [0.1, 0.15) is 0 Å². The monoisotopic (exact) mass is 547 g/mol. The molecule has 0 saturated heterocycles. The maximum atomic E-state index is 13.5. The average molecular weight is 548 g/mol. The van der Waals surface area contributed by atoms with E-state index in [1.165, 1.54) is 18.5 Å². The number of hydrogen-bond donors (Lipinski definition) is 2. The van der Waals surface area contributed by atoms with Gasteiger partial charge in [0.2, 0.25) is 0 Å². The van der Waals surface area contributed by atoms with Gasteiger partial charge in [-0.2, -0.15) is 5.10 Å². The highest BCUT2D eigenvalue weighted by atomic mass is 35.5. The topological polar surface area (TPSA) is 110 Å². The van der Waals surface area contributed by atoms with Crippen molar-refractivity contribution in [2.75, 3.05) is 5.32 Å². The number of halogens is 3. The van der Waals surface area contributed by atoms with Crippen LogP contribution < -0.4 is 10.9 Å². The number of nitrogens with zero attached hydrogens (tertiary/aromatic N) is 3. The number of aromatic amines is 1. The third-order valence-electron chi connectivity index (χ3n) is 6.06. The smallest absolute Gasteiger partial charge is 0.278 e. The van der Waals surface area contributed by atoms with Crippen LogP contribution in [0, 0.1) is 11.6 Å². The molecule has 1 amide bonds. The summed E-state index contributed by atoms with van der Waals surface area (Å²) in [6, 6.07) is 9.96. The fraction of sp³-hybridized carbons (Fsp3) is 0.107. The van der Waals surface area contributed by atoms with Gasteiger partial charge >= 0.3 is 0 Å². The molecular formula is C28H20ClF2N5O3. The van der Waals surface area contributed by atoms with Crippen LogP contribution in [0.5, 0.6) is 0 Å². The maximum absolute atomic E-state index is 13.5. The Kier molecular flexibility index (Phi) is 7.29. The van der Waals surface area contributed by atoms with E-state index in [1.54, 1.807) is 18.3 Å². The molecule has 39 heavy (non-hydrogen) atoms. The second-order valence-electron chi connectivity index (χ2n) is 8.78. The number of benzene rings is 2. The number of nitrogens with one attached hydrogen (secondary N) is 2. The minimum atomic E-state index is -1.05. The summed E-state index contributed by atoms with van der Waals surface area (Å²) < 4.78 is 27.7. The summed E-state index contributed by atoms with van der Waals surface area (Å²) in [7, 11) is 0. The fourth-order valence-corrected chi connectivity index (χ4v) is 4.36. The van der Waals surface area contributed by atoms with Crippen LogP contribution in [-0.4, -0.2) is 31.4 Å². The van der Waals surface area contributed by atoms with E-state index in [9.17, 15) is 23.2 Å². The molecule has 0 fully saturated rings. The van der Waals surface area contributed by atoms with Crippen molar-refractivity contribution in [1.29, 1.82) is 0 Å². The van der Waals surface area contributed by atoms with Crippen LogP contribution in [0.4, 0.5) is 14.5 Å². The summed E-state index contributed by atoms with van der Waals surface area (Å²) in [5.41, 5.74) is 3.00. The van der Waals surface area contributed by atoms with Gasteiger partial charge in [-0.1, -0.05) is 42.0 Å². The molecule has 1 aliphatic rings. The quantitative estimate of drug-likeness (QED) is 0.235. The molecule has 196 valence electrons. The van der Waals surface area contributed by atoms with E-state index in [0.29, 0.717) is 28.9 Å². The number of fused-ring (bicyclic) bond motifs is 1. The first-order valence-electron chi connectivity index (χ1n) is 11.9. The molecule has 0 radical (unpaired) electrons. The van der Waals surface area contributed by atoms with Crippen LogP contribution in [0.3, 0.4) is 0 Å². The average Bonchev–Trinajstić information content (AvgIpc) is 3.53. The predicted octanol–water partition coefficient (Wildman–Crippen LogP) is 5.12. The SMILES string of the molecule is O=C1Nc2cc(/C=C/CCC(=O)c3cc(Cl)nn(Cc4ccc(F)c(F)c4)c3=O)ccc2/C1=C/c1cnc[nH]1. The fourth-order valence-electron chi connectivity index (χ4n) is 4.16. The second kappa shape index (κ2) is 11.0. The van der Waals surface area contributed by atoms with Crippen molar-refractivity contribution in [3.05, 3.63) is 116 Å². The van der Waals surface area contributed by atoms with Crippen molar-refractivity contribution in [3.8, 4) is 0 Å². The number of aromatic nitrogens is 4. The minimum absolute atomic E-state index is 0.0377. The van der Waals surface area contributed by atoms with Gasteiger partial charge in [-0.25, -0.2) is 18.4 Å². The normalized spacial score (nSPS) is 13.7. The number of anilines is 1. The van der Waals surface area contributed by atoms with Gasteiger partial charge in [-0.3, -0.25) is 14.4 Å². The van der Waals surface area contributed by atoms with E-state index >= 15 is 0 Å². The third-order valence-corrected chi connectivity index (χ3v) is 6.24. The molecule has 8 nitrogen and oxygen atoms in total. The molecule has 0 saturated carbocycles. The molecule has 0 atom stereocenters. The lowest BCUT2D eigenvalue weighted by atomic mass is 10.0. The number of Topliss-reactive ketones (excluding diaryl/α,β-unsaturated/α-hetero) is 1. The van der Waals surface area contributed by atoms with Gasteiger partial charge < -0.3 is 10.3 Å². The summed E-state index contributed by atoms with van der Waals surface area (Å²) in [5.74, 6) is -2.70. The van der Waals surface area contributed by atoms with Gasteiger partial charge in [-0.05, 0) is 47.9 Å². The van der Waals surface area contributed by atoms with Gasteiger partial charge in [0.05, 0.1) is 35.9 Å². The molecule has 5 rings (SSSR count). The summed E-state index contributed by atoms with van der Waals surface area (Å²) in [4.78, 5) is 44.9. The molecule has 2 aromatic carbocycles. The highest BCUT2D eigenvalue weighted by molar-refractivity contribution is 6.34. The highest BCUT2D eigenvalue weighted by Gasteiger charge is 2.24. The Morgan fingerprint density at radius 3 is 2.69 bits per heavy atom. The first-order chi connectivity index (χ1) is 18.8. The van der Waals surface area contributed by atoms with Crippen LogP contribution in [0.15, 0.2) is 65.9 Å². The summed E-state index contributed by atoms with van der Waals surface area (Å²) in [5, 5.41) is 6.68. The zero-order valence-corrected chi connectivity index (χ0v) is 21.0. The van der Waals surface area contributed by atoms with E-state index in [0.717, 1.165) is 27.9 Å². The van der Waals surface area contributed by atoms with Crippen LogP contribution in [0.25, 0.3) is 17.7 Å². The number of ketones is 1. The number of H-pyrrole nitrogens is 1. The zero-order chi connectivity index (χ0) is 27.5. The van der Waals surface area contributed by atoms with E-state index in [1.807, 2.05) is 24.3 Å². The van der Waals surface area contributed by atoms with E-state index in [4.69, 9.17) is 11.6 Å². The number of rotatable bonds is 8. The Balaban J connectivity index is 1.25. The lowest BCUT2D eigenvalue weighted by Gasteiger charge is -2.08. The Morgan fingerprint density at radius 1 is 1.08 bits per heavy atom. The highest BCUT2D eigenvalue weighted by Crippen LogP contribution is 2.33. The lowest BCUT2D eigenvalue weighted by molar-refractivity contribution is -0.110. The number of imidazole rings is 1. The molecule has 0 spiro atoms. The van der Waals surface area contributed by atoms with Gasteiger partial charge in [0.25, 0.3) is 11.5 Å². The van der Waals surface area contributed by atoms with Crippen LogP contribution in [0.1, 0.15) is 45.6 Å². The number of carbonyl (C=O) groups excluding carboxylic acids is 2. The summed E-state index contributed by atoms with van der Waals surface area (Å²) in [6.45, 7) is -0.176. The number of hydrogen-bond acceptors (Lipinski definition) is 5. The molecule has 0 bridgehead atoms. The number of amides is 1. The van der Waals surface area contributed by atoms with Crippen LogP contribution in [-0.2, 0) is 11.3 Å². The first-order valence-corrected chi connectivity index (χ1v) is 12.2. The zero-order valence-electron chi connectivity index (χ0n) is 20.2. The van der Waals surface area contributed by atoms with Gasteiger partial charge in [0, 0.05) is 17.7 Å². The number of carbonyl (C=O) groups is 2. The second-order valence-corrected chi connectivity index (χ2v) is 9.17. The Labute approximate surface area is 225 Å². The lowest BCUT2D eigenvalue weighted by Crippen LogP contribution is -2.29. The molecule has 2 N–H and O–H groups in total. The molecule has 1 aliphatic heterocycles. The Bertz CT molecular complexity index is 1710. The largest absolute Gasteiger partial charge is 0.345 e. The summed E-state index contributed by atoms with van der Waals surface area (Å²) in [6.07, 6.45) is 8.88. The molecule has 0 unspecified atom stereocenters. The number of allylic oxidation sites excluding steroid dienone is 1. The Morgan fingerprint density at radius 2 is 1.92 bits per heavy atom. The minimum Gasteiger partial charge on any atom is -0.345 e. The molecule has 0 aliphatic carbocycles. The van der Waals surface area contributed by atoms with Crippen molar-refractivity contribution in [1.82, 2.24) is 19.7 Å². The van der Waals surface area contributed by atoms with Crippen molar-refractivity contribution in [2.24, 2.45) is 0 Å². The predicted molar refractivity (Wildman–Crippen MR) is 143 cm³/mol. The molecule has 11 heteroatoms. The molecule has 4 aromatic rings. The van der Waals surface area contributed by atoms with Crippen molar-refractivity contribution in [3.63, 3.8) is 0 Å². The van der Waals surface area contributed by atoms with Crippen LogP contribution >= 0.6 is 11.6 Å². The molecule has 3 heterocycles. The van der Waals surface area contributed by atoms with Gasteiger partial charge in [0.15, 0.2) is 22.6 Å². The molecular weight excluding hydrogens is 528 g/mol. The van der Waals surface area contributed by atoms with Crippen LogP contribution in [0.2, 0.25) is 5.15 Å². The Hall–Kier alpha value is -4.70. The van der Waals surface area contributed by atoms with Gasteiger partial charge in [-0.15, -0.1) is 0 Å².